The molecule has 0 bridgehead atoms. The number of carbonyl (C=O) groups is 1. The smallest absolute Gasteiger partial charge is 0.337 e. The molecule has 1 aliphatic heterocycles. The van der Waals surface area contributed by atoms with Crippen LogP contribution in [0, 0.1) is 5.41 Å². The Kier molecular flexibility index (Phi) is 5.85. The zero-order valence-corrected chi connectivity index (χ0v) is 22.2. The highest BCUT2D eigenvalue weighted by atomic mass is 16.5. The molecule has 0 amide bonds. The van der Waals surface area contributed by atoms with Gasteiger partial charge >= 0.3 is 5.97 Å². The minimum Gasteiger partial charge on any atom is -0.465 e. The first-order chi connectivity index (χ1) is 17.5. The molecule has 0 N–H and O–H groups in total. The van der Waals surface area contributed by atoms with E-state index in [4.69, 9.17) is 4.74 Å². The lowest BCUT2D eigenvalue weighted by Gasteiger charge is -2.21. The molecule has 2 heterocycles. The quantitative estimate of drug-likeness (QED) is 0.208. The van der Waals surface area contributed by atoms with E-state index in [1.807, 2.05) is 6.07 Å². The number of methoxy groups -OCH3 is 1. The van der Waals surface area contributed by atoms with E-state index >= 15 is 0 Å². The molecule has 0 radical (unpaired) electrons. The van der Waals surface area contributed by atoms with Crippen molar-refractivity contribution < 1.29 is 9.53 Å². The molecule has 2 unspecified atom stereocenters. The molecule has 3 aliphatic rings. The van der Waals surface area contributed by atoms with Crippen molar-refractivity contribution in [2.24, 2.45) is 5.41 Å². The Labute approximate surface area is 215 Å². The molecular formula is C33H39NO2. The minimum atomic E-state index is -0.262. The molecule has 36 heavy (non-hydrogen) atoms. The summed E-state index contributed by atoms with van der Waals surface area (Å²) in [7, 11) is 1.47. The molecule has 2 aromatic carbocycles. The maximum absolute atomic E-state index is 12.6. The van der Waals surface area contributed by atoms with Gasteiger partial charge in [-0.3, -0.25) is 0 Å². The number of esters is 1. The third-order valence-electron chi connectivity index (χ3n) is 9.59. The van der Waals surface area contributed by atoms with Gasteiger partial charge in [-0.1, -0.05) is 75.9 Å². The predicted molar refractivity (Wildman–Crippen MR) is 148 cm³/mol. The zero-order chi connectivity index (χ0) is 25.0. The van der Waals surface area contributed by atoms with Crippen LogP contribution in [-0.4, -0.2) is 17.6 Å². The maximum atomic E-state index is 12.6. The predicted octanol–water partition coefficient (Wildman–Crippen LogP) is 8.55. The summed E-state index contributed by atoms with van der Waals surface area (Å²) in [6.45, 7) is 10.1. The van der Waals surface area contributed by atoms with E-state index in [-0.39, 0.29) is 11.4 Å². The zero-order valence-electron chi connectivity index (χ0n) is 22.2. The first-order valence-electron chi connectivity index (χ1n) is 14.1. The molecule has 2 atom stereocenters. The topological polar surface area (TPSA) is 31.2 Å². The first kappa shape index (κ1) is 23.6. The molecule has 6 rings (SSSR count). The van der Waals surface area contributed by atoms with Gasteiger partial charge in [0.25, 0.3) is 0 Å². The van der Waals surface area contributed by atoms with Gasteiger partial charge in [-0.2, -0.15) is 0 Å². The molecule has 188 valence electrons. The highest BCUT2D eigenvalue weighted by molar-refractivity contribution is 5.99. The van der Waals surface area contributed by atoms with Gasteiger partial charge in [0.15, 0.2) is 0 Å². The molecule has 2 saturated carbocycles. The van der Waals surface area contributed by atoms with Gasteiger partial charge in [0.1, 0.15) is 0 Å². The highest BCUT2D eigenvalue weighted by Gasteiger charge is 2.58. The minimum absolute atomic E-state index is 0.106. The van der Waals surface area contributed by atoms with E-state index < -0.39 is 0 Å². The summed E-state index contributed by atoms with van der Waals surface area (Å²) in [6.07, 6.45) is 11.0. The number of aromatic nitrogens is 1. The van der Waals surface area contributed by atoms with Crippen LogP contribution in [0.2, 0.25) is 0 Å². The van der Waals surface area contributed by atoms with Gasteiger partial charge in [-0.15, -0.1) is 0 Å². The van der Waals surface area contributed by atoms with Gasteiger partial charge in [0.2, 0.25) is 0 Å². The second-order valence-electron chi connectivity index (χ2n) is 11.4. The third-order valence-corrected chi connectivity index (χ3v) is 9.59. The van der Waals surface area contributed by atoms with Crippen molar-refractivity contribution in [2.75, 3.05) is 7.11 Å². The van der Waals surface area contributed by atoms with Crippen LogP contribution in [0.15, 0.2) is 48.6 Å². The lowest BCUT2D eigenvalue weighted by atomic mass is 9.85. The summed E-state index contributed by atoms with van der Waals surface area (Å²) in [6, 6.07) is 13.5. The van der Waals surface area contributed by atoms with Crippen molar-refractivity contribution in [3.63, 3.8) is 0 Å². The van der Waals surface area contributed by atoms with Gasteiger partial charge in [-0.25, -0.2) is 4.79 Å². The SMILES string of the molecule is C=C(CC)C12CC1c1cc(CC)ccc1-c1c(C3CCCCCC3)c3ccc(C(=O)OC)cc3n1C2. The monoisotopic (exact) mass is 481 g/mol. The van der Waals surface area contributed by atoms with Crippen LogP contribution < -0.4 is 0 Å². The average Bonchev–Trinajstić information content (AvgIpc) is 3.65. The van der Waals surface area contributed by atoms with E-state index in [0.717, 1.165) is 19.4 Å². The molecule has 1 aromatic heterocycles. The fourth-order valence-corrected chi connectivity index (χ4v) is 7.42. The van der Waals surface area contributed by atoms with E-state index in [9.17, 15) is 4.79 Å². The molecule has 0 saturated heterocycles. The van der Waals surface area contributed by atoms with Gasteiger partial charge < -0.3 is 9.30 Å². The van der Waals surface area contributed by atoms with E-state index in [1.54, 1.807) is 0 Å². The van der Waals surface area contributed by atoms with Crippen LogP contribution in [0.25, 0.3) is 22.2 Å². The van der Waals surface area contributed by atoms with Crippen LogP contribution in [0.3, 0.4) is 0 Å². The number of fused-ring (bicyclic) bond motifs is 7. The summed E-state index contributed by atoms with van der Waals surface area (Å²) in [4.78, 5) is 12.6. The number of allylic oxidation sites excluding steroid dienone is 1. The highest BCUT2D eigenvalue weighted by Crippen LogP contribution is 2.68. The van der Waals surface area contributed by atoms with Crippen LogP contribution in [0.5, 0.6) is 0 Å². The number of benzene rings is 2. The summed E-state index contributed by atoms with van der Waals surface area (Å²) in [5, 5.41) is 1.33. The van der Waals surface area contributed by atoms with Crippen molar-refractivity contribution in [1.29, 1.82) is 0 Å². The number of nitrogens with zero attached hydrogens (tertiary/aromatic N) is 1. The fraction of sp³-hybridized carbons (Fsp3) is 0.485. The summed E-state index contributed by atoms with van der Waals surface area (Å²) in [5.41, 5.74) is 10.6. The molecule has 0 spiro atoms. The van der Waals surface area contributed by atoms with Crippen molar-refractivity contribution in [1.82, 2.24) is 4.57 Å². The number of hydrogen-bond acceptors (Lipinski definition) is 2. The van der Waals surface area contributed by atoms with Crippen LogP contribution >= 0.6 is 0 Å². The number of ether oxygens (including phenoxy) is 1. The molecule has 3 nitrogen and oxygen atoms in total. The number of rotatable bonds is 5. The van der Waals surface area contributed by atoms with Crippen LogP contribution in [0.4, 0.5) is 0 Å². The van der Waals surface area contributed by atoms with E-state index in [2.05, 4.69) is 55.3 Å². The normalized spacial score (nSPS) is 23.2. The first-order valence-corrected chi connectivity index (χ1v) is 14.1. The maximum Gasteiger partial charge on any atom is 0.337 e. The van der Waals surface area contributed by atoms with Gasteiger partial charge in [0, 0.05) is 28.4 Å². The average molecular weight is 482 g/mol. The Morgan fingerprint density at radius 1 is 1.08 bits per heavy atom. The summed E-state index contributed by atoms with van der Waals surface area (Å²) < 4.78 is 7.70. The molecule has 3 heteroatoms. The largest absolute Gasteiger partial charge is 0.465 e. The lowest BCUT2D eigenvalue weighted by molar-refractivity contribution is 0.0601. The van der Waals surface area contributed by atoms with E-state index in [0.29, 0.717) is 17.4 Å². The molecule has 3 aromatic rings. The second kappa shape index (κ2) is 8.94. The number of hydrogen-bond donors (Lipinski definition) is 0. The Hall–Kier alpha value is -2.81. The molecule has 2 aliphatic carbocycles. The van der Waals surface area contributed by atoms with Crippen molar-refractivity contribution >= 4 is 16.9 Å². The number of aryl methyl sites for hydroxylation is 1. The Morgan fingerprint density at radius 2 is 1.86 bits per heavy atom. The Balaban J connectivity index is 1.67. The fourth-order valence-electron chi connectivity index (χ4n) is 7.42. The van der Waals surface area contributed by atoms with Crippen LogP contribution in [-0.2, 0) is 17.7 Å². The van der Waals surface area contributed by atoms with Gasteiger partial charge in [0.05, 0.1) is 18.4 Å². The summed E-state index contributed by atoms with van der Waals surface area (Å²) >= 11 is 0. The Bertz CT molecular complexity index is 1350. The molecule has 2 fully saturated rings. The lowest BCUT2D eigenvalue weighted by Crippen LogP contribution is -2.15. The van der Waals surface area contributed by atoms with E-state index in [1.165, 1.54) is 96.5 Å². The van der Waals surface area contributed by atoms with Crippen molar-refractivity contribution in [3.8, 4) is 11.3 Å². The van der Waals surface area contributed by atoms with Crippen LogP contribution in [0.1, 0.15) is 104 Å². The van der Waals surface area contributed by atoms with Crippen molar-refractivity contribution in [2.45, 2.75) is 90.0 Å². The standard InChI is InChI=1S/C33H39NO2/c1-5-21(3)33-19-28(33)27-17-22(6-2)13-15-25(27)31-30(23-11-9-7-8-10-12-23)26-16-14-24(32(35)36-4)18-29(26)34(31)20-33/h13-18,23,28H,3,5-12,19-20H2,1-2,4H3. The Morgan fingerprint density at radius 3 is 2.56 bits per heavy atom. The number of carbonyl (C=O) groups excluding carboxylic acids is 1. The molecular weight excluding hydrogens is 442 g/mol. The van der Waals surface area contributed by atoms with Crippen molar-refractivity contribution in [3.05, 3.63) is 70.8 Å². The summed E-state index contributed by atoms with van der Waals surface area (Å²) in [5.74, 6) is 0.836. The third kappa shape index (κ3) is 3.49. The van der Waals surface area contributed by atoms with Gasteiger partial charge in [-0.05, 0) is 72.8 Å². The second-order valence-corrected chi connectivity index (χ2v) is 11.4.